The molecule has 9 heteroatoms. The van der Waals surface area contributed by atoms with Crippen LogP contribution in [0, 0.1) is 0 Å². The zero-order valence-electron chi connectivity index (χ0n) is 15.5. The number of benzene rings is 1. The van der Waals surface area contributed by atoms with Gasteiger partial charge in [-0.3, -0.25) is 0 Å². The fraction of sp³-hybridized carbons (Fsp3) is 0.316. The molecule has 0 unspecified atom stereocenters. The second-order valence-corrected chi connectivity index (χ2v) is 8.70. The van der Waals surface area contributed by atoms with Crippen LogP contribution in [-0.2, 0) is 17.1 Å². The molecule has 1 aromatic carbocycles. The third kappa shape index (κ3) is 3.27. The normalized spacial score (nSPS) is 16.2. The van der Waals surface area contributed by atoms with Gasteiger partial charge < -0.3 is 9.67 Å². The van der Waals surface area contributed by atoms with E-state index in [1.165, 1.54) is 22.6 Å². The maximum Gasteiger partial charge on any atom is 0.244 e. The van der Waals surface area contributed by atoms with Gasteiger partial charge in [-0.05, 0) is 31.0 Å². The van der Waals surface area contributed by atoms with Crippen molar-refractivity contribution in [3.63, 3.8) is 0 Å². The molecule has 0 spiro atoms. The molecule has 3 aromatic rings. The average molecular weight is 399 g/mol. The van der Waals surface area contributed by atoms with Crippen molar-refractivity contribution in [2.24, 2.45) is 17.3 Å². The Morgan fingerprint density at radius 3 is 2.50 bits per heavy atom. The Morgan fingerprint density at radius 2 is 1.79 bits per heavy atom. The predicted molar refractivity (Wildman–Crippen MR) is 106 cm³/mol. The monoisotopic (exact) mass is 399 g/mol. The highest BCUT2D eigenvalue weighted by molar-refractivity contribution is 7.89. The van der Waals surface area contributed by atoms with Gasteiger partial charge in [0.05, 0.1) is 5.52 Å². The van der Waals surface area contributed by atoms with Crippen LogP contribution < -0.4 is 0 Å². The van der Waals surface area contributed by atoms with Crippen molar-refractivity contribution >= 4 is 32.4 Å². The number of sulfonamides is 1. The molecule has 0 aliphatic carbocycles. The van der Waals surface area contributed by atoms with Gasteiger partial charge in [-0.15, -0.1) is 10.2 Å². The molecule has 146 valence electrons. The average Bonchev–Trinajstić information content (AvgIpc) is 2.98. The molecule has 1 N–H and O–H groups in total. The highest BCUT2D eigenvalue weighted by atomic mass is 32.2. The van der Waals surface area contributed by atoms with E-state index < -0.39 is 10.0 Å². The summed E-state index contributed by atoms with van der Waals surface area (Å²) in [5.41, 5.74) is 1.19. The van der Waals surface area contributed by atoms with Gasteiger partial charge in [0.1, 0.15) is 4.90 Å². The summed E-state index contributed by atoms with van der Waals surface area (Å²) in [6.45, 7) is 1.09. The van der Waals surface area contributed by atoms with Crippen LogP contribution in [0.2, 0.25) is 0 Å². The van der Waals surface area contributed by atoms with E-state index in [0.29, 0.717) is 18.8 Å². The van der Waals surface area contributed by atoms with Gasteiger partial charge in [-0.2, -0.15) is 4.31 Å². The summed E-state index contributed by atoms with van der Waals surface area (Å²) in [5, 5.41) is 19.3. The lowest BCUT2D eigenvalue weighted by Crippen LogP contribution is -2.35. The second kappa shape index (κ2) is 7.33. The van der Waals surface area contributed by atoms with Gasteiger partial charge in [-0.1, -0.05) is 24.6 Å². The lowest BCUT2D eigenvalue weighted by atomic mass is 10.2. The van der Waals surface area contributed by atoms with Crippen molar-refractivity contribution in [2.45, 2.75) is 24.2 Å². The number of aryl methyl sites for hydroxylation is 1. The van der Waals surface area contributed by atoms with E-state index in [1.54, 1.807) is 11.6 Å². The van der Waals surface area contributed by atoms with Crippen LogP contribution in [-0.4, -0.2) is 40.5 Å². The molecule has 1 saturated heterocycles. The first-order chi connectivity index (χ1) is 13.5. The molecule has 2 aromatic heterocycles. The van der Waals surface area contributed by atoms with Gasteiger partial charge in [0.15, 0.2) is 11.5 Å². The first kappa shape index (κ1) is 18.6. The van der Waals surface area contributed by atoms with Gasteiger partial charge in [-0.25, -0.2) is 13.4 Å². The maximum absolute atomic E-state index is 12.7. The number of para-hydroxylation sites is 1. The minimum absolute atomic E-state index is 0.00856. The summed E-state index contributed by atoms with van der Waals surface area (Å²) in [7, 11) is -1.78. The fourth-order valence-electron chi connectivity index (χ4n) is 3.40. The Balaban J connectivity index is 1.60. The molecule has 28 heavy (non-hydrogen) atoms. The standard InChI is InChI=1S/C19H21N5O3S/c1-23-16-8-4-3-7-15(16)18(19(23)25)22-21-17-10-9-14(13-20-17)28(26,27)24-11-5-2-6-12-24/h3-4,7-10,13,25H,2,5-6,11-12H2,1H3. The Kier molecular flexibility index (Phi) is 4.86. The van der Waals surface area contributed by atoms with Crippen LogP contribution in [0.4, 0.5) is 11.5 Å². The van der Waals surface area contributed by atoms with Crippen LogP contribution in [0.1, 0.15) is 19.3 Å². The zero-order chi connectivity index (χ0) is 19.7. The van der Waals surface area contributed by atoms with E-state index in [1.807, 2.05) is 24.3 Å². The van der Waals surface area contributed by atoms with E-state index in [2.05, 4.69) is 15.2 Å². The van der Waals surface area contributed by atoms with Crippen molar-refractivity contribution in [2.75, 3.05) is 13.1 Å². The summed E-state index contributed by atoms with van der Waals surface area (Å²) in [5.74, 6) is 0.277. The first-order valence-corrected chi connectivity index (χ1v) is 10.6. The van der Waals surface area contributed by atoms with E-state index in [-0.39, 0.29) is 16.6 Å². The first-order valence-electron chi connectivity index (χ1n) is 9.13. The number of aromatic hydroxyl groups is 1. The molecule has 1 fully saturated rings. The van der Waals surface area contributed by atoms with Crippen molar-refractivity contribution in [1.29, 1.82) is 0 Å². The zero-order valence-corrected chi connectivity index (χ0v) is 16.3. The number of nitrogens with zero attached hydrogens (tertiary/aromatic N) is 5. The number of hydrogen-bond donors (Lipinski definition) is 1. The highest BCUT2D eigenvalue weighted by Crippen LogP contribution is 2.38. The minimum atomic E-state index is -3.52. The Morgan fingerprint density at radius 1 is 1.04 bits per heavy atom. The molecule has 1 aliphatic rings. The fourth-order valence-corrected chi connectivity index (χ4v) is 4.86. The van der Waals surface area contributed by atoms with E-state index in [4.69, 9.17) is 0 Å². The number of aromatic nitrogens is 2. The molecular formula is C19H21N5O3S. The molecule has 0 radical (unpaired) electrons. The molecule has 1 aliphatic heterocycles. The van der Waals surface area contributed by atoms with Crippen LogP contribution in [0.5, 0.6) is 5.88 Å². The quantitative estimate of drug-likeness (QED) is 0.673. The van der Waals surface area contributed by atoms with Gasteiger partial charge in [0.2, 0.25) is 15.9 Å². The molecular weight excluding hydrogens is 378 g/mol. The van der Waals surface area contributed by atoms with Crippen LogP contribution >= 0.6 is 0 Å². The van der Waals surface area contributed by atoms with Crippen molar-refractivity contribution < 1.29 is 13.5 Å². The van der Waals surface area contributed by atoms with E-state index in [0.717, 1.165) is 30.2 Å². The predicted octanol–water partition coefficient (Wildman–Crippen LogP) is 3.87. The number of fused-ring (bicyclic) bond motifs is 1. The van der Waals surface area contributed by atoms with Gasteiger partial charge in [0, 0.05) is 31.7 Å². The van der Waals surface area contributed by atoms with E-state index >= 15 is 0 Å². The summed E-state index contributed by atoms with van der Waals surface area (Å²) < 4.78 is 28.5. The lowest BCUT2D eigenvalue weighted by molar-refractivity contribution is 0.346. The summed E-state index contributed by atoms with van der Waals surface area (Å²) in [6.07, 6.45) is 4.13. The Bertz CT molecular complexity index is 1130. The van der Waals surface area contributed by atoms with Crippen molar-refractivity contribution in [3.8, 4) is 5.88 Å². The molecule has 0 atom stereocenters. The molecule has 0 bridgehead atoms. The van der Waals surface area contributed by atoms with E-state index in [9.17, 15) is 13.5 Å². The molecule has 8 nitrogen and oxygen atoms in total. The SMILES string of the molecule is Cn1c(O)c(N=Nc2ccc(S(=O)(=O)N3CCCCC3)cn2)c2ccccc21. The molecule has 3 heterocycles. The smallest absolute Gasteiger partial charge is 0.244 e. The van der Waals surface area contributed by atoms with Crippen molar-refractivity contribution in [1.82, 2.24) is 13.9 Å². The minimum Gasteiger partial charge on any atom is -0.493 e. The third-order valence-electron chi connectivity index (χ3n) is 4.98. The van der Waals surface area contributed by atoms with Crippen LogP contribution in [0.15, 0.2) is 57.7 Å². The summed E-state index contributed by atoms with van der Waals surface area (Å²) in [6, 6.07) is 10.5. The number of rotatable bonds is 4. The second-order valence-electron chi connectivity index (χ2n) is 6.77. The Labute approximate surface area is 163 Å². The summed E-state index contributed by atoms with van der Waals surface area (Å²) in [4.78, 5) is 4.27. The molecule has 0 saturated carbocycles. The number of azo groups is 1. The summed E-state index contributed by atoms with van der Waals surface area (Å²) >= 11 is 0. The highest BCUT2D eigenvalue weighted by Gasteiger charge is 2.26. The molecule has 0 amide bonds. The number of pyridine rings is 1. The van der Waals surface area contributed by atoms with Gasteiger partial charge in [0.25, 0.3) is 0 Å². The maximum atomic E-state index is 12.7. The number of hydrogen-bond acceptors (Lipinski definition) is 6. The van der Waals surface area contributed by atoms with Crippen LogP contribution in [0.3, 0.4) is 0 Å². The Hall–Kier alpha value is -2.78. The topological polar surface area (TPSA) is 100 Å². The molecule has 4 rings (SSSR count). The van der Waals surface area contributed by atoms with Crippen LogP contribution in [0.25, 0.3) is 10.9 Å². The lowest BCUT2D eigenvalue weighted by Gasteiger charge is -2.25. The third-order valence-corrected chi connectivity index (χ3v) is 6.86. The van der Waals surface area contributed by atoms with Gasteiger partial charge >= 0.3 is 0 Å². The van der Waals surface area contributed by atoms with Crippen molar-refractivity contribution in [3.05, 3.63) is 42.6 Å². The largest absolute Gasteiger partial charge is 0.493 e. The number of piperidine rings is 1.